The molecule has 21 heavy (non-hydrogen) atoms. The molecule has 1 saturated carbocycles. The summed E-state index contributed by atoms with van der Waals surface area (Å²) in [5, 5.41) is 12.9. The van der Waals surface area contributed by atoms with Gasteiger partial charge in [-0.2, -0.15) is 0 Å². The number of likely N-dealkylation sites (N-methyl/N-ethyl adjacent to an activating group) is 1. The summed E-state index contributed by atoms with van der Waals surface area (Å²) in [5.74, 6) is -0.0869. The third-order valence-electron chi connectivity index (χ3n) is 3.74. The van der Waals surface area contributed by atoms with Gasteiger partial charge in [-0.15, -0.1) is 0 Å². The van der Waals surface area contributed by atoms with Crippen LogP contribution in [0.15, 0.2) is 18.2 Å². The predicted molar refractivity (Wildman–Crippen MR) is 79.7 cm³/mol. The van der Waals surface area contributed by atoms with Crippen molar-refractivity contribution in [2.24, 2.45) is 5.92 Å². The Labute approximate surface area is 128 Å². The molecule has 2 N–H and O–H groups in total. The normalized spacial score (nSPS) is 17.2. The molecule has 1 aliphatic rings. The Morgan fingerprint density at radius 1 is 1.57 bits per heavy atom. The highest BCUT2D eigenvalue weighted by atomic mass is 35.5. The molecule has 1 fully saturated rings. The van der Waals surface area contributed by atoms with Gasteiger partial charge in [0.05, 0.1) is 12.1 Å². The van der Waals surface area contributed by atoms with E-state index in [-0.39, 0.29) is 17.1 Å². The van der Waals surface area contributed by atoms with Crippen molar-refractivity contribution in [3.8, 4) is 0 Å². The Morgan fingerprint density at radius 2 is 2.24 bits per heavy atom. The maximum Gasteiger partial charge on any atom is 0.317 e. The number of aliphatic hydroxyl groups excluding tert-OH is 1. The zero-order valence-corrected chi connectivity index (χ0v) is 12.9. The summed E-state index contributed by atoms with van der Waals surface area (Å²) in [6, 6.07) is 3.46. The summed E-state index contributed by atoms with van der Waals surface area (Å²) in [6.45, 7) is 2.09. The number of carbonyl (C=O) groups excluding carboxylic acids is 1. The molecule has 1 aromatic rings. The molecule has 116 valence electrons. The molecule has 6 heteroatoms. The van der Waals surface area contributed by atoms with E-state index in [2.05, 4.69) is 5.32 Å². The van der Waals surface area contributed by atoms with Gasteiger partial charge in [0, 0.05) is 18.6 Å². The molecule has 0 spiro atoms. The molecule has 2 atom stereocenters. The number of urea groups is 1. The number of carbonyl (C=O) groups is 1. The lowest BCUT2D eigenvalue weighted by molar-refractivity contribution is 0.113. The first-order valence-electron chi connectivity index (χ1n) is 7.03. The van der Waals surface area contributed by atoms with E-state index in [0.29, 0.717) is 18.0 Å². The number of hydrogen-bond acceptors (Lipinski definition) is 2. The standard InChI is InChI=1S/C15H20ClFN2O2/c1-9(12-6-5-11(17)7-13(12)16)18-15(21)19(2)8-14(20)10-3-4-10/h5-7,9-10,14,20H,3-4,8H2,1-2H3,(H,18,21). The van der Waals surface area contributed by atoms with Gasteiger partial charge in [-0.25, -0.2) is 9.18 Å². The smallest absolute Gasteiger partial charge is 0.317 e. The first kappa shape index (κ1) is 16.0. The Bertz CT molecular complexity index is 522. The fraction of sp³-hybridized carbons (Fsp3) is 0.533. The SMILES string of the molecule is CC(NC(=O)N(C)CC(O)C1CC1)c1ccc(F)cc1Cl. The summed E-state index contributed by atoms with van der Waals surface area (Å²) in [4.78, 5) is 13.5. The Balaban J connectivity index is 1.91. The summed E-state index contributed by atoms with van der Waals surface area (Å²) in [7, 11) is 1.64. The van der Waals surface area contributed by atoms with Crippen LogP contribution in [0.2, 0.25) is 5.02 Å². The van der Waals surface area contributed by atoms with Crippen molar-refractivity contribution in [2.45, 2.75) is 31.9 Å². The first-order valence-corrected chi connectivity index (χ1v) is 7.41. The predicted octanol–water partition coefficient (Wildman–Crippen LogP) is 2.95. The summed E-state index contributed by atoms with van der Waals surface area (Å²) in [6.07, 6.45) is 1.58. The number of rotatable bonds is 5. The van der Waals surface area contributed by atoms with Crippen LogP contribution in [0.3, 0.4) is 0 Å². The van der Waals surface area contributed by atoms with Gasteiger partial charge in [0.2, 0.25) is 0 Å². The number of nitrogens with one attached hydrogen (secondary N) is 1. The Hall–Kier alpha value is -1.33. The van der Waals surface area contributed by atoms with E-state index in [0.717, 1.165) is 12.8 Å². The van der Waals surface area contributed by atoms with E-state index in [1.54, 1.807) is 20.0 Å². The molecule has 1 aromatic carbocycles. The van der Waals surface area contributed by atoms with Gasteiger partial charge in [0.1, 0.15) is 5.82 Å². The third kappa shape index (κ3) is 4.32. The van der Waals surface area contributed by atoms with Crippen molar-refractivity contribution in [1.29, 1.82) is 0 Å². The largest absolute Gasteiger partial charge is 0.391 e. The quantitative estimate of drug-likeness (QED) is 0.878. The zero-order valence-electron chi connectivity index (χ0n) is 12.1. The first-order chi connectivity index (χ1) is 9.88. The molecule has 2 unspecified atom stereocenters. The lowest BCUT2D eigenvalue weighted by Crippen LogP contribution is -2.42. The number of amides is 2. The molecule has 0 radical (unpaired) electrons. The fourth-order valence-electron chi connectivity index (χ4n) is 2.22. The molecule has 0 aromatic heterocycles. The highest BCUT2D eigenvalue weighted by Gasteiger charge is 2.31. The van der Waals surface area contributed by atoms with E-state index in [4.69, 9.17) is 11.6 Å². The van der Waals surface area contributed by atoms with Crippen LogP contribution in [0, 0.1) is 11.7 Å². The minimum atomic E-state index is -0.467. The van der Waals surface area contributed by atoms with Crippen molar-refractivity contribution < 1.29 is 14.3 Å². The van der Waals surface area contributed by atoms with Gasteiger partial charge in [-0.3, -0.25) is 0 Å². The van der Waals surface area contributed by atoms with Crippen molar-refractivity contribution in [1.82, 2.24) is 10.2 Å². The van der Waals surface area contributed by atoms with Crippen molar-refractivity contribution >= 4 is 17.6 Å². The maximum absolute atomic E-state index is 13.0. The van der Waals surface area contributed by atoms with Gasteiger partial charge in [0.25, 0.3) is 0 Å². The zero-order chi connectivity index (χ0) is 15.6. The summed E-state index contributed by atoms with van der Waals surface area (Å²) < 4.78 is 13.0. The molecule has 0 aliphatic heterocycles. The van der Waals surface area contributed by atoms with Crippen LogP contribution in [0.25, 0.3) is 0 Å². The highest BCUT2D eigenvalue weighted by molar-refractivity contribution is 6.31. The molecule has 0 saturated heterocycles. The molecule has 4 nitrogen and oxygen atoms in total. The lowest BCUT2D eigenvalue weighted by atomic mass is 10.1. The summed E-state index contributed by atoms with van der Waals surface area (Å²) >= 11 is 5.98. The van der Waals surface area contributed by atoms with Gasteiger partial charge >= 0.3 is 6.03 Å². The van der Waals surface area contributed by atoms with Gasteiger partial charge < -0.3 is 15.3 Å². The van der Waals surface area contributed by atoms with Crippen molar-refractivity contribution in [3.05, 3.63) is 34.6 Å². The number of aliphatic hydroxyl groups is 1. The minimum absolute atomic E-state index is 0.281. The lowest BCUT2D eigenvalue weighted by Gasteiger charge is -2.24. The molecular formula is C15H20ClFN2O2. The Morgan fingerprint density at radius 3 is 2.81 bits per heavy atom. The number of nitrogens with zero attached hydrogens (tertiary/aromatic N) is 1. The topological polar surface area (TPSA) is 52.6 Å². The van der Waals surface area contributed by atoms with Gasteiger partial charge in [-0.05, 0) is 43.4 Å². The van der Waals surface area contributed by atoms with Crippen LogP contribution in [-0.2, 0) is 0 Å². The van der Waals surface area contributed by atoms with E-state index in [1.165, 1.54) is 17.0 Å². The average Bonchev–Trinajstić information content (AvgIpc) is 3.22. The molecule has 0 bridgehead atoms. The second-order valence-corrected chi connectivity index (χ2v) is 6.03. The molecule has 2 rings (SSSR count). The fourth-order valence-corrected chi connectivity index (χ4v) is 2.55. The highest BCUT2D eigenvalue weighted by Crippen LogP contribution is 2.32. The number of hydrogen-bond donors (Lipinski definition) is 2. The van der Waals surface area contributed by atoms with E-state index < -0.39 is 11.9 Å². The molecule has 0 heterocycles. The van der Waals surface area contributed by atoms with Gasteiger partial charge in [-0.1, -0.05) is 17.7 Å². The van der Waals surface area contributed by atoms with Crippen LogP contribution in [0.1, 0.15) is 31.4 Å². The Kier molecular flexibility index (Phi) is 5.06. The van der Waals surface area contributed by atoms with Gasteiger partial charge in [0.15, 0.2) is 0 Å². The van der Waals surface area contributed by atoms with Crippen molar-refractivity contribution in [2.75, 3.05) is 13.6 Å². The molecular weight excluding hydrogens is 295 g/mol. The van der Waals surface area contributed by atoms with E-state index >= 15 is 0 Å². The summed E-state index contributed by atoms with van der Waals surface area (Å²) in [5.41, 5.74) is 0.655. The van der Waals surface area contributed by atoms with Crippen LogP contribution in [0.5, 0.6) is 0 Å². The van der Waals surface area contributed by atoms with Crippen molar-refractivity contribution in [3.63, 3.8) is 0 Å². The minimum Gasteiger partial charge on any atom is -0.391 e. The van der Waals surface area contributed by atoms with E-state index in [9.17, 15) is 14.3 Å². The molecule has 2 amide bonds. The molecule has 1 aliphatic carbocycles. The third-order valence-corrected chi connectivity index (χ3v) is 4.07. The monoisotopic (exact) mass is 314 g/mol. The van der Waals surface area contributed by atoms with Crippen LogP contribution < -0.4 is 5.32 Å². The van der Waals surface area contributed by atoms with Crippen LogP contribution in [0.4, 0.5) is 9.18 Å². The second-order valence-electron chi connectivity index (χ2n) is 5.62. The maximum atomic E-state index is 13.0. The average molecular weight is 315 g/mol. The van der Waals surface area contributed by atoms with Crippen LogP contribution >= 0.6 is 11.6 Å². The van der Waals surface area contributed by atoms with E-state index in [1.807, 2.05) is 0 Å². The number of benzene rings is 1. The number of halogens is 2. The van der Waals surface area contributed by atoms with Crippen LogP contribution in [-0.4, -0.2) is 35.7 Å². The second kappa shape index (κ2) is 6.62.